The molecule has 3 heterocycles. The fraction of sp³-hybridized carbons (Fsp3) is 0.214. The van der Waals surface area contributed by atoms with Crippen molar-refractivity contribution >= 4 is 5.70 Å². The van der Waals surface area contributed by atoms with Crippen LogP contribution in [0.5, 0.6) is 11.6 Å². The first-order chi connectivity index (χ1) is 9.46. The van der Waals surface area contributed by atoms with Crippen LogP contribution >= 0.6 is 0 Å². The molecule has 0 spiro atoms. The average molecular weight is 271 g/mol. The van der Waals surface area contributed by atoms with E-state index in [-0.39, 0.29) is 5.88 Å². The summed E-state index contributed by atoms with van der Waals surface area (Å²) in [6.45, 7) is 3.78. The van der Waals surface area contributed by atoms with Gasteiger partial charge in [-0.25, -0.2) is 4.79 Å². The van der Waals surface area contributed by atoms with Crippen LogP contribution in [-0.2, 0) is 0 Å². The number of ether oxygens (including phenoxy) is 1. The van der Waals surface area contributed by atoms with Gasteiger partial charge in [0.15, 0.2) is 0 Å². The SMILES string of the molecule is CC1(C)C=C(n2ccc(O)nc2=O)c2ncccc2O1. The monoisotopic (exact) mass is 271 g/mol. The van der Waals surface area contributed by atoms with Crippen molar-refractivity contribution in [2.75, 3.05) is 0 Å². The second-order valence-corrected chi connectivity index (χ2v) is 5.02. The Kier molecular flexibility index (Phi) is 2.60. The van der Waals surface area contributed by atoms with Crippen LogP contribution in [0.1, 0.15) is 19.5 Å². The summed E-state index contributed by atoms with van der Waals surface area (Å²) in [4.78, 5) is 19.7. The van der Waals surface area contributed by atoms with E-state index in [0.29, 0.717) is 17.1 Å². The van der Waals surface area contributed by atoms with Crippen molar-refractivity contribution in [3.63, 3.8) is 0 Å². The Morgan fingerprint density at radius 3 is 2.90 bits per heavy atom. The third-order valence-electron chi connectivity index (χ3n) is 2.92. The van der Waals surface area contributed by atoms with E-state index in [4.69, 9.17) is 4.74 Å². The maximum absolute atomic E-state index is 11.9. The number of nitrogens with zero attached hydrogens (tertiary/aromatic N) is 3. The van der Waals surface area contributed by atoms with E-state index in [2.05, 4.69) is 9.97 Å². The molecule has 0 radical (unpaired) electrons. The van der Waals surface area contributed by atoms with E-state index in [9.17, 15) is 9.90 Å². The van der Waals surface area contributed by atoms with Crippen LogP contribution in [0.3, 0.4) is 0 Å². The lowest BCUT2D eigenvalue weighted by Crippen LogP contribution is -2.33. The number of pyridine rings is 1. The molecule has 6 nitrogen and oxygen atoms in total. The Bertz CT molecular complexity index is 762. The van der Waals surface area contributed by atoms with Crippen molar-refractivity contribution in [1.82, 2.24) is 14.5 Å². The molecule has 2 aromatic heterocycles. The molecule has 0 aromatic carbocycles. The van der Waals surface area contributed by atoms with Gasteiger partial charge in [0.05, 0.1) is 5.70 Å². The highest BCUT2D eigenvalue weighted by atomic mass is 16.5. The van der Waals surface area contributed by atoms with Crippen molar-refractivity contribution in [2.24, 2.45) is 0 Å². The molecule has 3 rings (SSSR count). The summed E-state index contributed by atoms with van der Waals surface area (Å²) in [6.07, 6.45) is 4.91. The summed E-state index contributed by atoms with van der Waals surface area (Å²) < 4.78 is 7.15. The lowest BCUT2D eigenvalue weighted by Gasteiger charge is -2.30. The summed E-state index contributed by atoms with van der Waals surface area (Å²) in [6, 6.07) is 4.93. The number of aromatic hydroxyl groups is 1. The maximum atomic E-state index is 11.9. The zero-order valence-corrected chi connectivity index (χ0v) is 11.1. The molecule has 0 amide bonds. The molecule has 0 saturated carbocycles. The van der Waals surface area contributed by atoms with Gasteiger partial charge in [-0.1, -0.05) is 0 Å². The molecular formula is C14H13N3O3. The van der Waals surface area contributed by atoms with Gasteiger partial charge in [-0.15, -0.1) is 0 Å². The quantitative estimate of drug-likeness (QED) is 0.848. The topological polar surface area (TPSA) is 77.2 Å². The Morgan fingerprint density at radius 1 is 1.35 bits per heavy atom. The second-order valence-electron chi connectivity index (χ2n) is 5.02. The Labute approximate surface area is 115 Å². The largest absolute Gasteiger partial charge is 0.493 e. The molecule has 6 heteroatoms. The standard InChI is InChI=1S/C14H13N3O3/c1-14(2)8-9(12-10(20-14)4-3-6-15-12)17-7-5-11(18)16-13(17)19/h3-8H,1-2H3,(H,16,18,19). The van der Waals surface area contributed by atoms with Gasteiger partial charge in [-0.2, -0.15) is 4.98 Å². The fourth-order valence-electron chi connectivity index (χ4n) is 2.14. The highest BCUT2D eigenvalue weighted by molar-refractivity contribution is 5.70. The van der Waals surface area contributed by atoms with E-state index in [1.165, 1.54) is 16.8 Å². The summed E-state index contributed by atoms with van der Waals surface area (Å²) in [5.41, 5.74) is 0.0317. The van der Waals surface area contributed by atoms with E-state index >= 15 is 0 Å². The lowest BCUT2D eigenvalue weighted by atomic mass is 10.0. The number of rotatable bonds is 1. The van der Waals surface area contributed by atoms with Crippen LogP contribution in [0, 0.1) is 0 Å². The number of aromatic nitrogens is 3. The molecule has 1 aliphatic heterocycles. The van der Waals surface area contributed by atoms with Crippen molar-refractivity contribution in [3.8, 4) is 11.6 Å². The smallest absolute Gasteiger partial charge is 0.355 e. The normalized spacial score (nSPS) is 16.0. The minimum Gasteiger partial charge on any atom is -0.493 e. The third kappa shape index (κ3) is 2.05. The Hall–Kier alpha value is -2.63. The van der Waals surface area contributed by atoms with Crippen molar-refractivity contribution in [1.29, 1.82) is 0 Å². The molecule has 1 N–H and O–H groups in total. The van der Waals surface area contributed by atoms with E-state index in [1.54, 1.807) is 18.3 Å². The molecule has 0 unspecified atom stereocenters. The zero-order chi connectivity index (χ0) is 14.3. The number of fused-ring (bicyclic) bond motifs is 1. The predicted octanol–water partition coefficient (Wildman–Crippen LogP) is 1.40. The van der Waals surface area contributed by atoms with E-state index in [0.717, 1.165) is 0 Å². The molecule has 0 bridgehead atoms. The van der Waals surface area contributed by atoms with Crippen LogP contribution in [0.25, 0.3) is 5.70 Å². The van der Waals surface area contributed by atoms with Gasteiger partial charge in [0, 0.05) is 18.5 Å². The number of hydrogen-bond donors (Lipinski definition) is 1. The first kappa shape index (κ1) is 12.4. The number of hydrogen-bond acceptors (Lipinski definition) is 5. The van der Waals surface area contributed by atoms with Crippen LogP contribution < -0.4 is 10.4 Å². The Morgan fingerprint density at radius 2 is 2.15 bits per heavy atom. The van der Waals surface area contributed by atoms with Gasteiger partial charge in [-0.05, 0) is 32.1 Å². The maximum Gasteiger partial charge on any atom is 0.355 e. The highest BCUT2D eigenvalue weighted by Gasteiger charge is 2.28. The summed E-state index contributed by atoms with van der Waals surface area (Å²) in [5.74, 6) is 0.300. The van der Waals surface area contributed by atoms with E-state index in [1.807, 2.05) is 19.9 Å². The molecule has 1 aliphatic rings. The first-order valence-electron chi connectivity index (χ1n) is 6.13. The van der Waals surface area contributed by atoms with Crippen LogP contribution in [-0.4, -0.2) is 25.2 Å². The van der Waals surface area contributed by atoms with Crippen molar-refractivity contribution < 1.29 is 9.84 Å². The fourth-order valence-corrected chi connectivity index (χ4v) is 2.14. The van der Waals surface area contributed by atoms with Gasteiger partial charge in [-0.3, -0.25) is 9.55 Å². The predicted molar refractivity (Wildman–Crippen MR) is 72.5 cm³/mol. The molecule has 2 aromatic rings. The minimum absolute atomic E-state index is 0.306. The minimum atomic E-state index is -0.567. The highest BCUT2D eigenvalue weighted by Crippen LogP contribution is 2.34. The van der Waals surface area contributed by atoms with Gasteiger partial charge in [0.1, 0.15) is 17.0 Å². The van der Waals surface area contributed by atoms with Crippen LogP contribution in [0.2, 0.25) is 0 Å². The lowest BCUT2D eigenvalue weighted by molar-refractivity contribution is 0.156. The third-order valence-corrected chi connectivity index (χ3v) is 2.92. The molecule has 0 atom stereocenters. The summed E-state index contributed by atoms with van der Waals surface area (Å²) in [5, 5.41) is 9.25. The van der Waals surface area contributed by atoms with Crippen molar-refractivity contribution in [2.45, 2.75) is 19.4 Å². The molecule has 0 fully saturated rings. The second kappa shape index (κ2) is 4.19. The van der Waals surface area contributed by atoms with Gasteiger partial charge in [0.2, 0.25) is 5.88 Å². The first-order valence-corrected chi connectivity index (χ1v) is 6.13. The molecule has 0 saturated heterocycles. The van der Waals surface area contributed by atoms with E-state index < -0.39 is 11.3 Å². The van der Waals surface area contributed by atoms with Crippen molar-refractivity contribution in [3.05, 3.63) is 52.8 Å². The molecular weight excluding hydrogens is 258 g/mol. The van der Waals surface area contributed by atoms with Crippen LogP contribution in [0.15, 0.2) is 41.5 Å². The zero-order valence-electron chi connectivity index (χ0n) is 11.1. The molecule has 0 aliphatic carbocycles. The van der Waals surface area contributed by atoms with Gasteiger partial charge in [0.25, 0.3) is 0 Å². The average Bonchev–Trinajstić information content (AvgIpc) is 2.37. The molecule has 20 heavy (non-hydrogen) atoms. The van der Waals surface area contributed by atoms with Gasteiger partial charge < -0.3 is 9.84 Å². The summed E-state index contributed by atoms with van der Waals surface area (Å²) in [7, 11) is 0. The van der Waals surface area contributed by atoms with Gasteiger partial charge >= 0.3 is 5.69 Å². The van der Waals surface area contributed by atoms with Crippen LogP contribution in [0.4, 0.5) is 0 Å². The Balaban J connectivity index is 2.25. The molecule has 102 valence electrons. The summed E-state index contributed by atoms with van der Waals surface area (Å²) >= 11 is 0.